The normalized spacial score (nSPS) is 11.2. The molecule has 0 saturated heterocycles. The first-order chi connectivity index (χ1) is 12.3. The largest absolute Gasteiger partial charge is 0.495 e. The molecule has 0 bridgehead atoms. The lowest BCUT2D eigenvalue weighted by Gasteiger charge is -2.23. The van der Waals surface area contributed by atoms with Gasteiger partial charge in [0.15, 0.2) is 0 Å². The maximum Gasteiger partial charge on any atom is 0.270 e. The standard InChI is InChI=1S/C19H22ClNO4S/c1-4-5-6-19(22)21(15-9-12-18(25-3)17(20)13-15)26(23,24)16-10-7-14(2)8-11-16/h7-13H,4-6H2,1-3H3. The van der Waals surface area contributed by atoms with Crippen LogP contribution in [0.2, 0.25) is 5.02 Å². The summed E-state index contributed by atoms with van der Waals surface area (Å²) in [4.78, 5) is 12.8. The van der Waals surface area contributed by atoms with Crippen molar-refractivity contribution in [2.45, 2.75) is 38.0 Å². The second-order valence-corrected chi connectivity index (χ2v) is 8.09. The SMILES string of the molecule is CCCCC(=O)N(c1ccc(OC)c(Cl)c1)S(=O)(=O)c1ccc(C)cc1. The van der Waals surface area contributed by atoms with Crippen molar-refractivity contribution in [1.82, 2.24) is 0 Å². The van der Waals surface area contributed by atoms with Crippen molar-refractivity contribution in [2.24, 2.45) is 0 Å². The zero-order chi connectivity index (χ0) is 19.3. The second-order valence-electron chi connectivity index (χ2n) is 5.90. The van der Waals surface area contributed by atoms with Crippen LogP contribution in [0.4, 0.5) is 5.69 Å². The van der Waals surface area contributed by atoms with Gasteiger partial charge in [0, 0.05) is 6.42 Å². The fourth-order valence-electron chi connectivity index (χ4n) is 2.44. The van der Waals surface area contributed by atoms with E-state index >= 15 is 0 Å². The molecule has 1 amide bonds. The van der Waals surface area contributed by atoms with E-state index in [4.69, 9.17) is 16.3 Å². The number of benzene rings is 2. The van der Waals surface area contributed by atoms with Gasteiger partial charge in [-0.2, -0.15) is 0 Å². The van der Waals surface area contributed by atoms with Gasteiger partial charge in [0.05, 0.1) is 22.7 Å². The Balaban J connectivity index is 2.55. The number of sulfonamides is 1. The molecule has 0 saturated carbocycles. The minimum atomic E-state index is -4.05. The number of carbonyl (C=O) groups excluding carboxylic acids is 1. The third kappa shape index (κ3) is 4.37. The van der Waals surface area contributed by atoms with E-state index in [0.29, 0.717) is 12.2 Å². The molecule has 5 nitrogen and oxygen atoms in total. The molecule has 0 atom stereocenters. The van der Waals surface area contributed by atoms with Gasteiger partial charge < -0.3 is 4.74 Å². The minimum absolute atomic E-state index is 0.0555. The molecule has 0 unspecified atom stereocenters. The number of methoxy groups -OCH3 is 1. The zero-order valence-corrected chi connectivity index (χ0v) is 16.6. The summed E-state index contributed by atoms with van der Waals surface area (Å²) in [7, 11) is -2.59. The average molecular weight is 396 g/mol. The lowest BCUT2D eigenvalue weighted by Crippen LogP contribution is -2.37. The number of halogens is 1. The van der Waals surface area contributed by atoms with Crippen molar-refractivity contribution >= 4 is 33.2 Å². The maximum atomic E-state index is 13.1. The van der Waals surface area contributed by atoms with Crippen LogP contribution in [0.3, 0.4) is 0 Å². The van der Waals surface area contributed by atoms with Gasteiger partial charge in [0.2, 0.25) is 5.91 Å². The molecule has 0 fully saturated rings. The summed E-state index contributed by atoms with van der Waals surface area (Å²) in [5.41, 5.74) is 1.12. The molecule has 0 heterocycles. The molecule has 140 valence electrons. The number of ether oxygens (including phenoxy) is 1. The van der Waals surface area contributed by atoms with Gasteiger partial charge >= 0.3 is 0 Å². The van der Waals surface area contributed by atoms with Gasteiger partial charge in [-0.15, -0.1) is 0 Å². The summed E-state index contributed by atoms with van der Waals surface area (Å²) in [6, 6.07) is 10.9. The number of aryl methyl sites for hydroxylation is 1. The van der Waals surface area contributed by atoms with Crippen LogP contribution in [0.25, 0.3) is 0 Å². The van der Waals surface area contributed by atoms with Gasteiger partial charge in [-0.25, -0.2) is 12.7 Å². The first kappa shape index (κ1) is 20.3. The number of unbranched alkanes of at least 4 members (excludes halogenated alkanes) is 1. The van der Waals surface area contributed by atoms with Crippen LogP contribution in [0, 0.1) is 6.92 Å². The van der Waals surface area contributed by atoms with E-state index in [1.165, 1.54) is 31.4 Å². The Labute approximate surface area is 159 Å². The van der Waals surface area contributed by atoms with Crippen LogP contribution in [0.15, 0.2) is 47.4 Å². The first-order valence-corrected chi connectivity index (χ1v) is 10.1. The number of carbonyl (C=O) groups is 1. The molecule has 26 heavy (non-hydrogen) atoms. The minimum Gasteiger partial charge on any atom is -0.495 e. The van der Waals surface area contributed by atoms with Crippen LogP contribution in [0.5, 0.6) is 5.75 Å². The number of hydrogen-bond donors (Lipinski definition) is 0. The summed E-state index contributed by atoms with van der Waals surface area (Å²) in [5, 5.41) is 0.234. The van der Waals surface area contributed by atoms with E-state index in [1.807, 2.05) is 13.8 Å². The predicted octanol–water partition coefficient (Wildman–Crippen LogP) is 4.57. The summed E-state index contributed by atoms with van der Waals surface area (Å²) in [5.74, 6) is -0.0854. The summed E-state index contributed by atoms with van der Waals surface area (Å²) < 4.78 is 32.2. The number of nitrogens with zero attached hydrogens (tertiary/aromatic N) is 1. The highest BCUT2D eigenvalue weighted by atomic mass is 35.5. The molecule has 0 spiro atoms. The molecule has 0 aliphatic rings. The Kier molecular flexibility index (Phi) is 6.67. The number of anilines is 1. The van der Waals surface area contributed by atoms with E-state index in [0.717, 1.165) is 16.3 Å². The van der Waals surface area contributed by atoms with Crippen molar-refractivity contribution in [3.05, 3.63) is 53.1 Å². The van der Waals surface area contributed by atoms with Gasteiger partial charge in [-0.05, 0) is 43.7 Å². The predicted molar refractivity (Wildman–Crippen MR) is 103 cm³/mol. The molecule has 0 aromatic heterocycles. The van der Waals surface area contributed by atoms with Gasteiger partial charge in [-0.3, -0.25) is 4.79 Å². The third-order valence-corrected chi connectivity index (χ3v) is 5.96. The van der Waals surface area contributed by atoms with E-state index in [1.54, 1.807) is 18.2 Å². The topological polar surface area (TPSA) is 63.7 Å². The molecule has 7 heteroatoms. The number of amides is 1. The summed E-state index contributed by atoms with van der Waals surface area (Å²) >= 11 is 6.14. The smallest absolute Gasteiger partial charge is 0.270 e. The fourth-order valence-corrected chi connectivity index (χ4v) is 4.14. The average Bonchev–Trinajstić information content (AvgIpc) is 2.60. The van der Waals surface area contributed by atoms with Gasteiger partial charge in [0.1, 0.15) is 5.75 Å². The molecular formula is C19H22ClNO4S. The molecule has 0 aliphatic carbocycles. The Morgan fingerprint density at radius 1 is 1.15 bits per heavy atom. The lowest BCUT2D eigenvalue weighted by molar-refractivity contribution is -0.117. The Morgan fingerprint density at radius 3 is 2.35 bits per heavy atom. The van der Waals surface area contributed by atoms with Crippen LogP contribution in [-0.4, -0.2) is 21.4 Å². The summed E-state index contributed by atoms with van der Waals surface area (Å²) in [6.07, 6.45) is 1.52. The molecule has 0 radical (unpaired) electrons. The van der Waals surface area contributed by atoms with Gasteiger partial charge in [0.25, 0.3) is 10.0 Å². The highest BCUT2D eigenvalue weighted by molar-refractivity contribution is 7.93. The van der Waals surface area contributed by atoms with Crippen LogP contribution in [0.1, 0.15) is 31.7 Å². The Hall–Kier alpha value is -2.05. The lowest BCUT2D eigenvalue weighted by atomic mass is 10.2. The molecule has 0 aliphatic heterocycles. The fraction of sp³-hybridized carbons (Fsp3) is 0.316. The first-order valence-electron chi connectivity index (χ1n) is 8.29. The van der Waals surface area contributed by atoms with Crippen molar-refractivity contribution in [3.63, 3.8) is 0 Å². The van der Waals surface area contributed by atoms with E-state index in [-0.39, 0.29) is 22.0 Å². The van der Waals surface area contributed by atoms with Crippen LogP contribution >= 0.6 is 11.6 Å². The quantitative estimate of drug-likeness (QED) is 0.688. The van der Waals surface area contributed by atoms with E-state index in [9.17, 15) is 13.2 Å². The zero-order valence-electron chi connectivity index (χ0n) is 15.0. The van der Waals surface area contributed by atoms with Crippen molar-refractivity contribution in [1.29, 1.82) is 0 Å². The van der Waals surface area contributed by atoms with E-state index in [2.05, 4.69) is 0 Å². The Morgan fingerprint density at radius 2 is 1.81 bits per heavy atom. The van der Waals surface area contributed by atoms with Crippen LogP contribution in [-0.2, 0) is 14.8 Å². The van der Waals surface area contributed by atoms with Crippen LogP contribution < -0.4 is 9.04 Å². The van der Waals surface area contributed by atoms with Crippen molar-refractivity contribution < 1.29 is 17.9 Å². The van der Waals surface area contributed by atoms with Crippen molar-refractivity contribution in [3.8, 4) is 5.75 Å². The molecule has 0 N–H and O–H groups in total. The second kappa shape index (κ2) is 8.56. The van der Waals surface area contributed by atoms with E-state index < -0.39 is 15.9 Å². The van der Waals surface area contributed by atoms with Gasteiger partial charge in [-0.1, -0.05) is 42.6 Å². The summed E-state index contributed by atoms with van der Waals surface area (Å²) in [6.45, 7) is 3.81. The monoisotopic (exact) mass is 395 g/mol. The number of hydrogen-bond acceptors (Lipinski definition) is 4. The van der Waals surface area contributed by atoms with Crippen molar-refractivity contribution in [2.75, 3.05) is 11.4 Å². The maximum absolute atomic E-state index is 13.1. The molecule has 2 aromatic rings. The third-order valence-electron chi connectivity index (χ3n) is 3.90. The number of rotatable bonds is 7. The molecule has 2 aromatic carbocycles. The molecular weight excluding hydrogens is 374 g/mol. The highest BCUT2D eigenvalue weighted by Crippen LogP contribution is 2.32. The molecule has 2 rings (SSSR count). The highest BCUT2D eigenvalue weighted by Gasteiger charge is 2.31. The Bertz CT molecular complexity index is 879.